The molecule has 0 unspecified atom stereocenters. The average molecular weight is 327 g/mol. The van der Waals surface area contributed by atoms with Crippen LogP contribution in [0.1, 0.15) is 5.56 Å². The van der Waals surface area contributed by atoms with E-state index in [0.717, 1.165) is 0 Å². The Morgan fingerprint density at radius 1 is 1.19 bits per heavy atom. The van der Waals surface area contributed by atoms with Crippen LogP contribution in [0.2, 0.25) is 10.0 Å². The van der Waals surface area contributed by atoms with Gasteiger partial charge in [-0.2, -0.15) is 0 Å². The lowest BCUT2D eigenvalue weighted by molar-refractivity contribution is -0.114. The monoisotopic (exact) mass is 326 g/mol. The number of anilines is 2. The van der Waals surface area contributed by atoms with Crippen molar-refractivity contribution in [1.29, 1.82) is 0 Å². The van der Waals surface area contributed by atoms with Gasteiger partial charge in [-0.05, 0) is 42.8 Å². The van der Waals surface area contributed by atoms with Crippen molar-refractivity contribution in [2.75, 3.05) is 17.2 Å². The molecule has 3 nitrogen and oxygen atoms in total. The van der Waals surface area contributed by atoms with Crippen LogP contribution < -0.4 is 10.6 Å². The Morgan fingerprint density at radius 2 is 1.95 bits per heavy atom. The van der Waals surface area contributed by atoms with Gasteiger partial charge in [0.15, 0.2) is 0 Å². The van der Waals surface area contributed by atoms with Gasteiger partial charge < -0.3 is 10.6 Å². The standard InChI is InChI=1S/C15H13Cl2FN2O/c1-9-2-4-11(7-13(9)18)19-8-15(21)20-14-5-3-10(16)6-12(14)17/h2-7,19H,8H2,1H3,(H,20,21). The van der Waals surface area contributed by atoms with Gasteiger partial charge in [-0.1, -0.05) is 29.3 Å². The van der Waals surface area contributed by atoms with Gasteiger partial charge in [0.05, 0.1) is 17.3 Å². The largest absolute Gasteiger partial charge is 0.376 e. The normalized spacial score (nSPS) is 10.3. The second-order valence-electron chi connectivity index (χ2n) is 4.49. The minimum atomic E-state index is -0.318. The summed E-state index contributed by atoms with van der Waals surface area (Å²) >= 11 is 11.7. The zero-order chi connectivity index (χ0) is 15.4. The number of carbonyl (C=O) groups excluding carboxylic acids is 1. The summed E-state index contributed by atoms with van der Waals surface area (Å²) in [6.45, 7) is 1.68. The highest BCUT2D eigenvalue weighted by atomic mass is 35.5. The number of amides is 1. The SMILES string of the molecule is Cc1ccc(NCC(=O)Nc2ccc(Cl)cc2Cl)cc1F. The van der Waals surface area contributed by atoms with Gasteiger partial charge in [0.25, 0.3) is 0 Å². The van der Waals surface area contributed by atoms with Crippen LogP contribution in [-0.4, -0.2) is 12.5 Å². The van der Waals surface area contributed by atoms with E-state index in [-0.39, 0.29) is 18.3 Å². The van der Waals surface area contributed by atoms with Gasteiger partial charge >= 0.3 is 0 Å². The molecule has 0 saturated heterocycles. The molecule has 0 atom stereocenters. The minimum Gasteiger partial charge on any atom is -0.376 e. The summed E-state index contributed by atoms with van der Waals surface area (Å²) in [6.07, 6.45) is 0. The van der Waals surface area contributed by atoms with Gasteiger partial charge in [0.1, 0.15) is 5.82 Å². The van der Waals surface area contributed by atoms with Crippen LogP contribution in [0, 0.1) is 12.7 Å². The summed E-state index contributed by atoms with van der Waals surface area (Å²) in [7, 11) is 0. The first-order chi connectivity index (χ1) is 9.95. The van der Waals surface area contributed by atoms with Gasteiger partial charge in [-0.25, -0.2) is 4.39 Å². The highest BCUT2D eigenvalue weighted by molar-refractivity contribution is 6.36. The zero-order valence-electron chi connectivity index (χ0n) is 11.2. The third-order valence-corrected chi connectivity index (χ3v) is 3.38. The number of rotatable bonds is 4. The molecule has 0 aliphatic heterocycles. The van der Waals surface area contributed by atoms with Gasteiger partial charge in [0.2, 0.25) is 5.91 Å². The van der Waals surface area contributed by atoms with Crippen molar-refractivity contribution >= 4 is 40.5 Å². The Hall–Kier alpha value is -1.78. The number of hydrogen-bond acceptors (Lipinski definition) is 2. The first kappa shape index (κ1) is 15.6. The fraction of sp³-hybridized carbons (Fsp3) is 0.133. The van der Waals surface area contributed by atoms with Crippen LogP contribution in [0.25, 0.3) is 0 Å². The minimum absolute atomic E-state index is 0.00144. The Kier molecular flexibility index (Phi) is 5.04. The van der Waals surface area contributed by atoms with Gasteiger partial charge in [-0.15, -0.1) is 0 Å². The van der Waals surface area contributed by atoms with Gasteiger partial charge in [-0.3, -0.25) is 4.79 Å². The fourth-order valence-electron chi connectivity index (χ4n) is 1.67. The van der Waals surface area contributed by atoms with Crippen molar-refractivity contribution in [2.45, 2.75) is 6.92 Å². The van der Waals surface area contributed by atoms with Crippen molar-refractivity contribution < 1.29 is 9.18 Å². The molecule has 0 saturated carbocycles. The summed E-state index contributed by atoms with van der Waals surface area (Å²) in [6, 6.07) is 9.49. The van der Waals surface area contributed by atoms with Crippen molar-refractivity contribution in [3.05, 3.63) is 57.8 Å². The molecule has 0 aliphatic rings. The maximum Gasteiger partial charge on any atom is 0.243 e. The van der Waals surface area contributed by atoms with Crippen molar-refractivity contribution in [1.82, 2.24) is 0 Å². The van der Waals surface area contributed by atoms with Gasteiger partial charge in [0, 0.05) is 10.7 Å². The van der Waals surface area contributed by atoms with E-state index in [1.807, 2.05) is 0 Å². The average Bonchev–Trinajstić information content (AvgIpc) is 2.43. The molecule has 21 heavy (non-hydrogen) atoms. The quantitative estimate of drug-likeness (QED) is 0.869. The van der Waals surface area contributed by atoms with Crippen LogP contribution >= 0.6 is 23.2 Å². The van der Waals surface area contributed by atoms with Crippen LogP contribution in [-0.2, 0) is 4.79 Å². The van der Waals surface area contributed by atoms with Crippen molar-refractivity contribution in [2.24, 2.45) is 0 Å². The van der Waals surface area contributed by atoms with E-state index in [2.05, 4.69) is 10.6 Å². The molecule has 0 aliphatic carbocycles. The Labute approximate surface area is 132 Å². The molecule has 2 aromatic rings. The lowest BCUT2D eigenvalue weighted by atomic mass is 10.2. The van der Waals surface area contributed by atoms with E-state index >= 15 is 0 Å². The van der Waals surface area contributed by atoms with Crippen molar-refractivity contribution in [3.8, 4) is 0 Å². The van der Waals surface area contributed by atoms with Crippen LogP contribution in [0.15, 0.2) is 36.4 Å². The van der Waals surface area contributed by atoms with E-state index in [9.17, 15) is 9.18 Å². The van der Waals surface area contributed by atoms with E-state index in [4.69, 9.17) is 23.2 Å². The lowest BCUT2D eigenvalue weighted by Gasteiger charge is -2.10. The van der Waals surface area contributed by atoms with E-state index in [1.165, 1.54) is 6.07 Å². The van der Waals surface area contributed by atoms with Crippen LogP contribution in [0.3, 0.4) is 0 Å². The van der Waals surface area contributed by atoms with E-state index in [0.29, 0.717) is 27.0 Å². The number of hydrogen-bond donors (Lipinski definition) is 2. The Balaban J connectivity index is 1.94. The Bertz CT molecular complexity index is 677. The molecule has 0 bridgehead atoms. The molecule has 0 fully saturated rings. The molecule has 0 radical (unpaired) electrons. The molecule has 2 rings (SSSR count). The molecule has 2 N–H and O–H groups in total. The summed E-state index contributed by atoms with van der Waals surface area (Å²) in [4.78, 5) is 11.8. The summed E-state index contributed by atoms with van der Waals surface area (Å²) < 4.78 is 13.4. The second kappa shape index (κ2) is 6.78. The molecule has 0 spiro atoms. The summed E-state index contributed by atoms with van der Waals surface area (Å²) in [5.74, 6) is -0.610. The van der Waals surface area contributed by atoms with E-state index < -0.39 is 0 Å². The molecular weight excluding hydrogens is 314 g/mol. The van der Waals surface area contributed by atoms with Crippen molar-refractivity contribution in [3.63, 3.8) is 0 Å². The maximum absolute atomic E-state index is 13.4. The zero-order valence-corrected chi connectivity index (χ0v) is 12.7. The molecule has 0 aromatic heterocycles. The predicted molar refractivity (Wildman–Crippen MR) is 84.7 cm³/mol. The molecule has 6 heteroatoms. The van der Waals surface area contributed by atoms with E-state index in [1.54, 1.807) is 37.3 Å². The highest BCUT2D eigenvalue weighted by Gasteiger charge is 2.07. The molecular formula is C15H13Cl2FN2O. The number of carbonyl (C=O) groups is 1. The second-order valence-corrected chi connectivity index (χ2v) is 5.33. The number of halogens is 3. The van der Waals surface area contributed by atoms with Crippen LogP contribution in [0.4, 0.5) is 15.8 Å². The lowest BCUT2D eigenvalue weighted by Crippen LogP contribution is -2.22. The third kappa shape index (κ3) is 4.34. The molecule has 2 aromatic carbocycles. The Morgan fingerprint density at radius 3 is 2.62 bits per heavy atom. The molecule has 1 amide bonds. The molecule has 110 valence electrons. The number of nitrogens with one attached hydrogen (secondary N) is 2. The molecule has 0 heterocycles. The highest BCUT2D eigenvalue weighted by Crippen LogP contribution is 2.25. The summed E-state index contributed by atoms with van der Waals surface area (Å²) in [5.41, 5.74) is 1.57. The number of aryl methyl sites for hydroxylation is 1. The fourth-order valence-corrected chi connectivity index (χ4v) is 2.13. The first-order valence-electron chi connectivity index (χ1n) is 6.20. The van der Waals surface area contributed by atoms with Crippen LogP contribution in [0.5, 0.6) is 0 Å². The smallest absolute Gasteiger partial charge is 0.243 e. The summed E-state index contributed by atoms with van der Waals surface area (Å²) in [5, 5.41) is 6.34. The third-order valence-electron chi connectivity index (χ3n) is 2.83. The predicted octanol–water partition coefficient (Wildman–Crippen LogP) is 4.49. The topological polar surface area (TPSA) is 41.1 Å². The number of benzene rings is 2. The maximum atomic E-state index is 13.4. The first-order valence-corrected chi connectivity index (χ1v) is 6.96.